The molecule has 0 radical (unpaired) electrons. The molecule has 0 aromatic carbocycles. The zero-order chi connectivity index (χ0) is 15.5. The Morgan fingerprint density at radius 3 is 2.61 bits per heavy atom. The van der Waals surface area contributed by atoms with Crippen molar-refractivity contribution in [3.8, 4) is 0 Å². The third-order valence-electron chi connectivity index (χ3n) is 5.17. The average Bonchev–Trinajstić information content (AvgIpc) is 2.98. The molecule has 2 aliphatic rings. The Morgan fingerprint density at radius 2 is 1.78 bits per heavy atom. The van der Waals surface area contributed by atoms with E-state index in [1.807, 2.05) is 30.9 Å². The number of nitrogens with zero attached hydrogens (tertiary/aromatic N) is 5. The lowest BCUT2D eigenvalue weighted by Gasteiger charge is -2.40. The Kier molecular flexibility index (Phi) is 3.95. The molecule has 2 aromatic heterocycles. The number of pyridine rings is 1. The standard InChI is InChI=1S/C18H23N5/c1-5-18(15-23(11-1)17-20-7-2-8-21-17)6-12-22(14-18)13-16-3-9-19-10-4-16/h2-4,7-10H,1,5-6,11-15H2/t18-/m1/s1. The van der Waals surface area contributed by atoms with Crippen LogP contribution in [-0.2, 0) is 6.54 Å². The van der Waals surface area contributed by atoms with Gasteiger partial charge in [0.25, 0.3) is 0 Å². The largest absolute Gasteiger partial charge is 0.340 e. The second kappa shape index (κ2) is 6.24. The summed E-state index contributed by atoms with van der Waals surface area (Å²) in [5.74, 6) is 0.888. The molecule has 0 amide bonds. The lowest BCUT2D eigenvalue weighted by Crippen LogP contribution is -2.45. The van der Waals surface area contributed by atoms with Crippen molar-refractivity contribution in [1.29, 1.82) is 0 Å². The molecule has 5 nitrogen and oxygen atoms in total. The maximum absolute atomic E-state index is 4.44. The van der Waals surface area contributed by atoms with Gasteiger partial charge in [0.2, 0.25) is 5.95 Å². The van der Waals surface area contributed by atoms with Crippen molar-refractivity contribution in [2.24, 2.45) is 5.41 Å². The second-order valence-corrected chi connectivity index (χ2v) is 6.89. The molecular formula is C18H23N5. The van der Waals surface area contributed by atoms with Gasteiger partial charge >= 0.3 is 0 Å². The van der Waals surface area contributed by atoms with E-state index < -0.39 is 0 Å². The summed E-state index contributed by atoms with van der Waals surface area (Å²) < 4.78 is 0. The van der Waals surface area contributed by atoms with Crippen LogP contribution >= 0.6 is 0 Å². The Hall–Kier alpha value is -2.01. The smallest absolute Gasteiger partial charge is 0.225 e. The van der Waals surface area contributed by atoms with Gasteiger partial charge in [0.15, 0.2) is 0 Å². The molecule has 0 unspecified atom stereocenters. The molecule has 0 saturated carbocycles. The highest BCUT2D eigenvalue weighted by Crippen LogP contribution is 2.40. The molecule has 23 heavy (non-hydrogen) atoms. The van der Waals surface area contributed by atoms with Gasteiger partial charge in [0.1, 0.15) is 0 Å². The van der Waals surface area contributed by atoms with Crippen molar-refractivity contribution in [3.05, 3.63) is 48.5 Å². The molecule has 4 rings (SSSR count). The summed E-state index contributed by atoms with van der Waals surface area (Å²) in [6.45, 7) is 5.57. The molecule has 2 aromatic rings. The number of rotatable bonds is 3. The highest BCUT2D eigenvalue weighted by Gasteiger charge is 2.41. The Balaban J connectivity index is 1.43. The van der Waals surface area contributed by atoms with Crippen molar-refractivity contribution in [1.82, 2.24) is 19.9 Å². The molecule has 2 saturated heterocycles. The van der Waals surface area contributed by atoms with E-state index in [1.165, 1.54) is 37.9 Å². The zero-order valence-electron chi connectivity index (χ0n) is 13.4. The van der Waals surface area contributed by atoms with Crippen LogP contribution in [0, 0.1) is 5.41 Å². The van der Waals surface area contributed by atoms with E-state index in [2.05, 4.69) is 36.9 Å². The molecule has 4 heterocycles. The van der Waals surface area contributed by atoms with Gasteiger partial charge in [-0.15, -0.1) is 0 Å². The first kappa shape index (κ1) is 14.6. The van der Waals surface area contributed by atoms with Gasteiger partial charge in [-0.3, -0.25) is 9.88 Å². The molecule has 2 aliphatic heterocycles. The summed E-state index contributed by atoms with van der Waals surface area (Å²) in [6, 6.07) is 6.13. The van der Waals surface area contributed by atoms with E-state index in [0.717, 1.165) is 25.6 Å². The summed E-state index contributed by atoms with van der Waals surface area (Å²) in [5.41, 5.74) is 1.76. The van der Waals surface area contributed by atoms with Gasteiger partial charge < -0.3 is 4.90 Å². The Morgan fingerprint density at radius 1 is 0.957 bits per heavy atom. The number of hydrogen-bond acceptors (Lipinski definition) is 5. The van der Waals surface area contributed by atoms with Crippen molar-refractivity contribution >= 4 is 5.95 Å². The first-order chi connectivity index (χ1) is 11.3. The van der Waals surface area contributed by atoms with Crippen LogP contribution in [0.25, 0.3) is 0 Å². The quantitative estimate of drug-likeness (QED) is 0.871. The third-order valence-corrected chi connectivity index (χ3v) is 5.17. The van der Waals surface area contributed by atoms with E-state index in [1.54, 1.807) is 0 Å². The van der Waals surface area contributed by atoms with Gasteiger partial charge in [-0.2, -0.15) is 0 Å². The van der Waals surface area contributed by atoms with Gasteiger partial charge in [-0.25, -0.2) is 9.97 Å². The monoisotopic (exact) mass is 309 g/mol. The van der Waals surface area contributed by atoms with E-state index in [9.17, 15) is 0 Å². The van der Waals surface area contributed by atoms with Gasteiger partial charge in [-0.1, -0.05) is 0 Å². The van der Waals surface area contributed by atoms with Crippen molar-refractivity contribution in [3.63, 3.8) is 0 Å². The highest BCUT2D eigenvalue weighted by atomic mass is 15.3. The van der Waals surface area contributed by atoms with Gasteiger partial charge in [0.05, 0.1) is 0 Å². The average molecular weight is 309 g/mol. The molecule has 2 fully saturated rings. The lowest BCUT2D eigenvalue weighted by molar-refractivity contribution is 0.215. The fourth-order valence-electron chi connectivity index (χ4n) is 4.08. The van der Waals surface area contributed by atoms with E-state index >= 15 is 0 Å². The Labute approximate surface area is 137 Å². The van der Waals surface area contributed by atoms with Crippen molar-refractivity contribution in [2.45, 2.75) is 25.8 Å². The van der Waals surface area contributed by atoms with Crippen molar-refractivity contribution < 1.29 is 0 Å². The van der Waals surface area contributed by atoms with E-state index in [0.29, 0.717) is 5.41 Å². The van der Waals surface area contributed by atoms with Crippen LogP contribution in [0.15, 0.2) is 43.0 Å². The molecule has 0 N–H and O–H groups in total. The summed E-state index contributed by atoms with van der Waals surface area (Å²) in [6.07, 6.45) is 11.3. The van der Waals surface area contributed by atoms with Crippen LogP contribution in [0.2, 0.25) is 0 Å². The van der Waals surface area contributed by atoms with Crippen molar-refractivity contribution in [2.75, 3.05) is 31.1 Å². The normalized spacial score (nSPS) is 25.1. The van der Waals surface area contributed by atoms with E-state index in [-0.39, 0.29) is 0 Å². The second-order valence-electron chi connectivity index (χ2n) is 6.89. The lowest BCUT2D eigenvalue weighted by atomic mass is 9.79. The number of anilines is 1. The molecule has 0 aliphatic carbocycles. The number of piperidine rings is 1. The minimum absolute atomic E-state index is 0.407. The number of aromatic nitrogens is 3. The van der Waals surface area contributed by atoms with Crippen LogP contribution in [-0.4, -0.2) is 46.0 Å². The topological polar surface area (TPSA) is 45.2 Å². The maximum atomic E-state index is 4.44. The summed E-state index contributed by atoms with van der Waals surface area (Å²) in [7, 11) is 0. The first-order valence-corrected chi connectivity index (χ1v) is 8.46. The maximum Gasteiger partial charge on any atom is 0.225 e. The SMILES string of the molecule is c1cnc(N2CCC[C@]3(CCN(Cc4ccncc4)C3)C2)nc1. The Bertz CT molecular complexity index is 632. The molecule has 1 spiro atoms. The number of hydrogen-bond donors (Lipinski definition) is 0. The summed E-state index contributed by atoms with van der Waals surface area (Å²) in [4.78, 5) is 17.9. The molecule has 0 bridgehead atoms. The third kappa shape index (κ3) is 3.20. The van der Waals surface area contributed by atoms with Gasteiger partial charge in [-0.05, 0) is 49.6 Å². The predicted octanol–water partition coefficient (Wildman–Crippen LogP) is 2.36. The minimum Gasteiger partial charge on any atom is -0.340 e. The minimum atomic E-state index is 0.407. The fraction of sp³-hybridized carbons (Fsp3) is 0.500. The van der Waals surface area contributed by atoms with Crippen LogP contribution in [0.5, 0.6) is 0 Å². The zero-order valence-corrected chi connectivity index (χ0v) is 13.4. The van der Waals surface area contributed by atoms with Crippen LogP contribution in [0.3, 0.4) is 0 Å². The number of likely N-dealkylation sites (tertiary alicyclic amines) is 1. The first-order valence-electron chi connectivity index (χ1n) is 8.46. The molecule has 5 heteroatoms. The van der Waals surface area contributed by atoms with Gasteiger partial charge in [0, 0.05) is 56.4 Å². The molecule has 120 valence electrons. The molecular weight excluding hydrogens is 286 g/mol. The van der Waals surface area contributed by atoms with E-state index in [4.69, 9.17) is 0 Å². The molecule has 1 atom stereocenters. The summed E-state index contributed by atoms with van der Waals surface area (Å²) in [5, 5.41) is 0. The van der Waals surface area contributed by atoms with Crippen LogP contribution < -0.4 is 4.90 Å². The highest BCUT2D eigenvalue weighted by molar-refractivity contribution is 5.30. The predicted molar refractivity (Wildman–Crippen MR) is 90.0 cm³/mol. The fourth-order valence-corrected chi connectivity index (χ4v) is 4.08. The summed E-state index contributed by atoms with van der Waals surface area (Å²) >= 11 is 0. The van der Waals surface area contributed by atoms with Crippen LogP contribution in [0.1, 0.15) is 24.8 Å². The van der Waals surface area contributed by atoms with Crippen LogP contribution in [0.4, 0.5) is 5.95 Å².